The first-order valence-corrected chi connectivity index (χ1v) is 7.35. The van der Waals surface area contributed by atoms with E-state index in [-0.39, 0.29) is 0 Å². The molecule has 114 valence electrons. The summed E-state index contributed by atoms with van der Waals surface area (Å²) >= 11 is 6.00. The van der Waals surface area contributed by atoms with Gasteiger partial charge in [-0.05, 0) is 31.0 Å². The number of hydrogen-bond donors (Lipinski definition) is 2. The van der Waals surface area contributed by atoms with Gasteiger partial charge in [-0.2, -0.15) is 0 Å². The van der Waals surface area contributed by atoms with E-state index in [4.69, 9.17) is 17.3 Å². The summed E-state index contributed by atoms with van der Waals surface area (Å²) in [5.41, 5.74) is 5.63. The van der Waals surface area contributed by atoms with Crippen molar-refractivity contribution in [3.05, 3.63) is 28.8 Å². The maximum Gasteiger partial charge on any atom is 0.311 e. The minimum absolute atomic E-state index is 0.372. The maximum absolute atomic E-state index is 11.6. The molecule has 5 nitrogen and oxygen atoms in total. The monoisotopic (exact) mass is 310 g/mol. The van der Waals surface area contributed by atoms with Gasteiger partial charge in [-0.3, -0.25) is 9.59 Å². The van der Waals surface area contributed by atoms with E-state index in [0.717, 1.165) is 6.42 Å². The molecule has 1 aromatic rings. The number of primary amides is 1. The molecule has 0 radical (unpaired) electrons. The van der Waals surface area contributed by atoms with Gasteiger partial charge in [0.15, 0.2) is 0 Å². The second-order valence-electron chi connectivity index (χ2n) is 5.53. The van der Waals surface area contributed by atoms with Gasteiger partial charge >= 0.3 is 5.97 Å². The van der Waals surface area contributed by atoms with E-state index >= 15 is 0 Å². The Hall–Kier alpha value is -1.75. The van der Waals surface area contributed by atoms with Gasteiger partial charge in [-0.25, -0.2) is 0 Å². The Kier molecular flexibility index (Phi) is 4.42. The zero-order valence-electron chi connectivity index (χ0n) is 11.9. The topological polar surface area (TPSA) is 83.6 Å². The second-order valence-corrected chi connectivity index (χ2v) is 5.97. The van der Waals surface area contributed by atoms with Gasteiger partial charge < -0.3 is 15.7 Å². The molecule has 1 fully saturated rings. The molecule has 2 rings (SSSR count). The van der Waals surface area contributed by atoms with Crippen LogP contribution in [0.25, 0.3) is 0 Å². The van der Waals surface area contributed by atoms with Crippen LogP contribution in [0.3, 0.4) is 0 Å². The fourth-order valence-electron chi connectivity index (χ4n) is 3.02. The fourth-order valence-corrected chi connectivity index (χ4v) is 3.18. The summed E-state index contributed by atoms with van der Waals surface area (Å²) in [5, 5.41) is 10.0. The van der Waals surface area contributed by atoms with E-state index < -0.39 is 17.3 Å². The summed E-state index contributed by atoms with van der Waals surface area (Å²) in [6.07, 6.45) is 1.98. The zero-order chi connectivity index (χ0) is 15.6. The van der Waals surface area contributed by atoms with Crippen molar-refractivity contribution in [2.75, 3.05) is 18.0 Å². The maximum atomic E-state index is 11.6. The summed E-state index contributed by atoms with van der Waals surface area (Å²) < 4.78 is 0. The first kappa shape index (κ1) is 15.6. The number of anilines is 1. The van der Waals surface area contributed by atoms with E-state index in [1.54, 1.807) is 18.2 Å². The highest BCUT2D eigenvalue weighted by molar-refractivity contribution is 6.31. The standard InChI is InChI=1S/C15H19ClN2O3/c1-2-5-15(14(20)21)6-7-18(9-15)12-8-10(16)3-4-11(12)13(17)19/h3-4,8H,2,5-7,9H2,1H3,(H2,17,19)(H,20,21). The van der Waals surface area contributed by atoms with Gasteiger partial charge in [0.2, 0.25) is 0 Å². The number of nitrogens with zero attached hydrogens (tertiary/aromatic N) is 1. The molecule has 0 spiro atoms. The van der Waals surface area contributed by atoms with Crippen LogP contribution in [0.2, 0.25) is 5.02 Å². The van der Waals surface area contributed by atoms with Crippen LogP contribution in [0.15, 0.2) is 18.2 Å². The number of carbonyl (C=O) groups excluding carboxylic acids is 1. The van der Waals surface area contributed by atoms with Gasteiger partial charge in [0.25, 0.3) is 5.91 Å². The van der Waals surface area contributed by atoms with Crippen molar-refractivity contribution in [3.63, 3.8) is 0 Å². The number of benzene rings is 1. The molecule has 1 aliphatic rings. The Bertz CT molecular complexity index is 576. The van der Waals surface area contributed by atoms with E-state index in [1.807, 2.05) is 11.8 Å². The van der Waals surface area contributed by atoms with Crippen molar-refractivity contribution in [2.45, 2.75) is 26.2 Å². The quantitative estimate of drug-likeness (QED) is 0.875. The van der Waals surface area contributed by atoms with Crippen LogP contribution in [0.1, 0.15) is 36.5 Å². The van der Waals surface area contributed by atoms with Gasteiger partial charge in [0.05, 0.1) is 16.7 Å². The molecule has 0 aliphatic carbocycles. The van der Waals surface area contributed by atoms with E-state index in [1.165, 1.54) is 0 Å². The van der Waals surface area contributed by atoms with Gasteiger partial charge in [-0.1, -0.05) is 24.9 Å². The zero-order valence-corrected chi connectivity index (χ0v) is 12.7. The van der Waals surface area contributed by atoms with E-state index in [2.05, 4.69) is 0 Å². The van der Waals surface area contributed by atoms with Crippen LogP contribution in [-0.2, 0) is 4.79 Å². The van der Waals surface area contributed by atoms with Crippen LogP contribution >= 0.6 is 11.6 Å². The fraction of sp³-hybridized carbons (Fsp3) is 0.467. The largest absolute Gasteiger partial charge is 0.481 e. The van der Waals surface area contributed by atoms with Crippen molar-refractivity contribution < 1.29 is 14.7 Å². The van der Waals surface area contributed by atoms with Crippen LogP contribution in [0.4, 0.5) is 5.69 Å². The van der Waals surface area contributed by atoms with Gasteiger partial charge in [0.1, 0.15) is 0 Å². The van der Waals surface area contributed by atoms with Gasteiger partial charge in [0, 0.05) is 18.1 Å². The lowest BCUT2D eigenvalue weighted by Crippen LogP contribution is -2.35. The summed E-state index contributed by atoms with van der Waals surface area (Å²) in [6, 6.07) is 4.86. The number of hydrogen-bond acceptors (Lipinski definition) is 3. The summed E-state index contributed by atoms with van der Waals surface area (Å²) in [7, 11) is 0. The number of aliphatic carboxylic acids is 1. The normalized spacial score (nSPS) is 21.5. The van der Waals surface area contributed by atoms with Crippen LogP contribution in [0.5, 0.6) is 0 Å². The minimum Gasteiger partial charge on any atom is -0.481 e. The number of nitrogens with two attached hydrogens (primary N) is 1. The molecule has 21 heavy (non-hydrogen) atoms. The Morgan fingerprint density at radius 1 is 1.48 bits per heavy atom. The smallest absolute Gasteiger partial charge is 0.311 e. The molecule has 1 heterocycles. The molecule has 0 aromatic heterocycles. The Labute approximate surface area is 128 Å². The molecule has 1 saturated heterocycles. The number of carboxylic acids is 1. The molecular weight excluding hydrogens is 292 g/mol. The number of carbonyl (C=O) groups is 2. The van der Waals surface area contributed by atoms with Crippen LogP contribution in [-0.4, -0.2) is 30.1 Å². The van der Waals surface area contributed by atoms with E-state index in [0.29, 0.717) is 42.2 Å². The van der Waals surface area contributed by atoms with Crippen molar-refractivity contribution >= 4 is 29.2 Å². The van der Waals surface area contributed by atoms with Crippen molar-refractivity contribution in [2.24, 2.45) is 11.1 Å². The summed E-state index contributed by atoms with van der Waals surface area (Å²) in [4.78, 5) is 25.1. The molecule has 0 saturated carbocycles. The highest BCUT2D eigenvalue weighted by atomic mass is 35.5. The molecule has 1 atom stereocenters. The average molecular weight is 311 g/mol. The summed E-state index contributed by atoms with van der Waals surface area (Å²) in [6.45, 7) is 2.92. The molecule has 1 unspecified atom stereocenters. The van der Waals surface area contributed by atoms with E-state index in [9.17, 15) is 14.7 Å². The highest BCUT2D eigenvalue weighted by Gasteiger charge is 2.44. The number of amides is 1. The minimum atomic E-state index is -0.783. The van der Waals surface area contributed by atoms with Crippen LogP contribution < -0.4 is 10.6 Å². The van der Waals surface area contributed by atoms with Gasteiger partial charge in [-0.15, -0.1) is 0 Å². The van der Waals surface area contributed by atoms with Crippen LogP contribution in [0, 0.1) is 5.41 Å². The Balaban J connectivity index is 2.35. The SMILES string of the molecule is CCCC1(C(=O)O)CCN(c2cc(Cl)ccc2C(N)=O)C1. The van der Waals surface area contributed by atoms with Crippen molar-refractivity contribution in [1.82, 2.24) is 0 Å². The van der Waals surface area contributed by atoms with Crippen molar-refractivity contribution in [1.29, 1.82) is 0 Å². The first-order valence-electron chi connectivity index (χ1n) is 6.97. The molecule has 6 heteroatoms. The number of carboxylic acid groups (broad SMARTS) is 1. The third-order valence-corrected chi connectivity index (χ3v) is 4.34. The Morgan fingerprint density at radius 2 is 2.19 bits per heavy atom. The highest BCUT2D eigenvalue weighted by Crippen LogP contribution is 2.39. The molecular formula is C15H19ClN2O3. The predicted octanol–water partition coefficient (Wildman–Crippen LogP) is 2.52. The lowest BCUT2D eigenvalue weighted by atomic mass is 9.83. The molecule has 1 aliphatic heterocycles. The number of halogens is 1. The number of rotatable bonds is 5. The third-order valence-electron chi connectivity index (χ3n) is 4.10. The molecule has 1 amide bonds. The second kappa shape index (κ2) is 5.93. The Morgan fingerprint density at radius 3 is 2.76 bits per heavy atom. The third kappa shape index (κ3) is 2.97. The molecule has 1 aromatic carbocycles. The lowest BCUT2D eigenvalue weighted by Gasteiger charge is -2.26. The summed E-state index contributed by atoms with van der Waals surface area (Å²) in [5.74, 6) is -1.32. The predicted molar refractivity (Wildman–Crippen MR) is 81.8 cm³/mol. The molecule has 0 bridgehead atoms. The average Bonchev–Trinajstić information content (AvgIpc) is 2.84. The molecule has 3 N–H and O–H groups in total. The van der Waals surface area contributed by atoms with Crippen molar-refractivity contribution in [3.8, 4) is 0 Å². The first-order chi connectivity index (χ1) is 9.89. The lowest BCUT2D eigenvalue weighted by molar-refractivity contribution is -0.148.